The van der Waals surface area contributed by atoms with Gasteiger partial charge in [-0.05, 0) is 69.5 Å². The minimum atomic E-state index is 0.188. The number of halogens is 1. The largest absolute Gasteiger partial charge is 0.324 e. The van der Waals surface area contributed by atoms with Crippen molar-refractivity contribution in [2.24, 2.45) is 5.73 Å². The number of fused-ring (bicyclic) bond motifs is 1. The maximum atomic E-state index is 6.28. The van der Waals surface area contributed by atoms with Gasteiger partial charge in [0.2, 0.25) is 0 Å². The number of thiophene rings is 1. The average Bonchev–Trinajstić information content (AvgIpc) is 2.73. The maximum absolute atomic E-state index is 6.28. The van der Waals surface area contributed by atoms with E-state index in [1.54, 1.807) is 11.3 Å². The standard InChI is InChI=1S/C14H14INS/c15-14-7-11(8-17-14)13(16)6-10-5-9-3-1-2-4-12(9)10/h1-4,7-8,10,13H,5-6,16H2. The van der Waals surface area contributed by atoms with Gasteiger partial charge in [0.1, 0.15) is 0 Å². The van der Waals surface area contributed by atoms with E-state index in [4.69, 9.17) is 5.73 Å². The smallest absolute Gasteiger partial charge is 0.0656 e. The Kier molecular flexibility index (Phi) is 3.23. The van der Waals surface area contributed by atoms with Gasteiger partial charge in [-0.15, -0.1) is 11.3 Å². The van der Waals surface area contributed by atoms with E-state index in [0.717, 1.165) is 6.42 Å². The van der Waals surface area contributed by atoms with Crippen LogP contribution in [-0.4, -0.2) is 0 Å². The van der Waals surface area contributed by atoms with Gasteiger partial charge in [0.25, 0.3) is 0 Å². The molecule has 1 aromatic heterocycles. The zero-order valence-corrected chi connectivity index (χ0v) is 12.4. The molecular weight excluding hydrogens is 341 g/mol. The highest BCUT2D eigenvalue weighted by atomic mass is 127. The molecule has 2 aromatic rings. The van der Waals surface area contributed by atoms with E-state index in [1.807, 2.05) is 0 Å². The zero-order chi connectivity index (χ0) is 11.8. The van der Waals surface area contributed by atoms with Crippen LogP contribution in [0.1, 0.15) is 35.1 Å². The Bertz CT molecular complexity index is 535. The molecule has 3 heteroatoms. The summed E-state index contributed by atoms with van der Waals surface area (Å²) in [6.45, 7) is 0. The highest BCUT2D eigenvalue weighted by Crippen LogP contribution is 2.40. The van der Waals surface area contributed by atoms with Crippen LogP contribution in [0.15, 0.2) is 35.7 Å². The molecule has 0 aliphatic heterocycles. The third-order valence-electron chi connectivity index (χ3n) is 3.52. The Morgan fingerprint density at radius 1 is 1.41 bits per heavy atom. The Morgan fingerprint density at radius 2 is 2.24 bits per heavy atom. The second kappa shape index (κ2) is 4.71. The summed E-state index contributed by atoms with van der Waals surface area (Å²) in [4.78, 5) is 0. The first-order chi connectivity index (χ1) is 8.24. The second-order valence-corrected chi connectivity index (χ2v) is 7.43. The van der Waals surface area contributed by atoms with Gasteiger partial charge in [0, 0.05) is 6.04 Å². The third-order valence-corrected chi connectivity index (χ3v) is 5.32. The summed E-state index contributed by atoms with van der Waals surface area (Å²) in [6, 6.07) is 11.1. The maximum Gasteiger partial charge on any atom is 0.0656 e. The monoisotopic (exact) mass is 355 g/mol. The van der Waals surface area contributed by atoms with Crippen molar-refractivity contribution in [3.05, 3.63) is 55.3 Å². The molecule has 88 valence electrons. The molecule has 1 nitrogen and oxygen atoms in total. The predicted molar refractivity (Wildman–Crippen MR) is 81.5 cm³/mol. The molecular formula is C14H14INS. The van der Waals surface area contributed by atoms with Crippen molar-refractivity contribution >= 4 is 33.9 Å². The Balaban J connectivity index is 1.70. The normalized spacial score (nSPS) is 19.5. The lowest BCUT2D eigenvalue weighted by atomic mass is 9.74. The molecule has 1 aromatic carbocycles. The highest BCUT2D eigenvalue weighted by molar-refractivity contribution is 14.1. The lowest BCUT2D eigenvalue weighted by molar-refractivity contribution is 0.499. The van der Waals surface area contributed by atoms with Gasteiger partial charge in [0.05, 0.1) is 2.88 Å². The summed E-state index contributed by atoms with van der Waals surface area (Å²) in [5.74, 6) is 0.666. The minimum absolute atomic E-state index is 0.188. The molecule has 0 radical (unpaired) electrons. The molecule has 0 saturated heterocycles. The molecule has 0 amide bonds. The summed E-state index contributed by atoms with van der Waals surface area (Å²) >= 11 is 4.13. The van der Waals surface area contributed by atoms with Crippen LogP contribution in [-0.2, 0) is 6.42 Å². The second-order valence-electron chi connectivity index (χ2n) is 4.63. The third kappa shape index (κ3) is 2.28. The van der Waals surface area contributed by atoms with Crippen molar-refractivity contribution in [1.82, 2.24) is 0 Å². The molecule has 1 aliphatic rings. The van der Waals surface area contributed by atoms with Crippen molar-refractivity contribution in [3.63, 3.8) is 0 Å². The van der Waals surface area contributed by atoms with Crippen LogP contribution in [0.5, 0.6) is 0 Å². The van der Waals surface area contributed by atoms with Crippen molar-refractivity contribution in [3.8, 4) is 0 Å². The number of nitrogens with two attached hydrogens (primary N) is 1. The molecule has 17 heavy (non-hydrogen) atoms. The molecule has 1 heterocycles. The fraction of sp³-hybridized carbons (Fsp3) is 0.286. The lowest BCUT2D eigenvalue weighted by Gasteiger charge is -2.31. The van der Waals surface area contributed by atoms with Crippen LogP contribution in [0.25, 0.3) is 0 Å². The molecule has 0 saturated carbocycles. The first-order valence-electron chi connectivity index (χ1n) is 5.81. The Labute approximate surface area is 119 Å². The average molecular weight is 355 g/mol. The molecule has 2 atom stereocenters. The van der Waals surface area contributed by atoms with Gasteiger partial charge in [-0.2, -0.15) is 0 Å². The van der Waals surface area contributed by atoms with Crippen LogP contribution >= 0.6 is 33.9 Å². The number of rotatable bonds is 3. The summed E-state index contributed by atoms with van der Waals surface area (Å²) in [6.07, 6.45) is 2.27. The van der Waals surface area contributed by atoms with E-state index in [0.29, 0.717) is 5.92 Å². The van der Waals surface area contributed by atoms with Gasteiger partial charge < -0.3 is 5.73 Å². The van der Waals surface area contributed by atoms with E-state index in [-0.39, 0.29) is 6.04 Å². The van der Waals surface area contributed by atoms with Gasteiger partial charge in [-0.3, -0.25) is 0 Å². The van der Waals surface area contributed by atoms with Crippen molar-refractivity contribution in [2.45, 2.75) is 24.8 Å². The van der Waals surface area contributed by atoms with Gasteiger partial charge in [0.15, 0.2) is 0 Å². The Morgan fingerprint density at radius 3 is 2.94 bits per heavy atom. The summed E-state index contributed by atoms with van der Waals surface area (Å²) < 4.78 is 1.32. The molecule has 2 N–H and O–H groups in total. The molecule has 0 spiro atoms. The molecule has 1 aliphatic carbocycles. The van der Waals surface area contributed by atoms with E-state index < -0.39 is 0 Å². The van der Waals surface area contributed by atoms with Crippen LogP contribution in [0.2, 0.25) is 0 Å². The van der Waals surface area contributed by atoms with E-state index in [1.165, 1.54) is 26.0 Å². The van der Waals surface area contributed by atoms with Crippen LogP contribution < -0.4 is 5.73 Å². The molecule has 0 fully saturated rings. The van der Waals surface area contributed by atoms with Crippen molar-refractivity contribution < 1.29 is 0 Å². The number of hydrogen-bond donors (Lipinski definition) is 1. The number of hydrogen-bond acceptors (Lipinski definition) is 2. The minimum Gasteiger partial charge on any atom is -0.324 e. The zero-order valence-electron chi connectivity index (χ0n) is 9.40. The van der Waals surface area contributed by atoms with Gasteiger partial charge >= 0.3 is 0 Å². The first kappa shape index (κ1) is 11.7. The summed E-state index contributed by atoms with van der Waals surface area (Å²) in [7, 11) is 0. The van der Waals surface area contributed by atoms with E-state index in [2.05, 4.69) is 58.3 Å². The molecule has 2 unspecified atom stereocenters. The van der Waals surface area contributed by atoms with E-state index in [9.17, 15) is 0 Å². The SMILES string of the molecule is NC(CC1Cc2ccccc21)c1csc(I)c1. The van der Waals surface area contributed by atoms with E-state index >= 15 is 0 Å². The Hall–Kier alpha value is -0.390. The topological polar surface area (TPSA) is 26.0 Å². The molecule has 0 bridgehead atoms. The predicted octanol–water partition coefficient (Wildman–Crippen LogP) is 4.08. The molecule has 3 rings (SSSR count). The quantitative estimate of drug-likeness (QED) is 0.825. The van der Waals surface area contributed by atoms with Gasteiger partial charge in [-0.1, -0.05) is 24.3 Å². The van der Waals surface area contributed by atoms with Crippen LogP contribution in [0.3, 0.4) is 0 Å². The lowest BCUT2D eigenvalue weighted by Crippen LogP contribution is -2.22. The number of benzene rings is 1. The van der Waals surface area contributed by atoms with Crippen molar-refractivity contribution in [1.29, 1.82) is 0 Å². The summed E-state index contributed by atoms with van der Waals surface area (Å²) in [5.41, 5.74) is 10.6. The summed E-state index contributed by atoms with van der Waals surface area (Å²) in [5, 5.41) is 2.19. The highest BCUT2D eigenvalue weighted by Gasteiger charge is 2.27. The fourth-order valence-corrected chi connectivity index (χ4v) is 3.97. The first-order valence-corrected chi connectivity index (χ1v) is 7.77. The van der Waals surface area contributed by atoms with Crippen LogP contribution in [0.4, 0.5) is 0 Å². The van der Waals surface area contributed by atoms with Crippen LogP contribution in [0, 0.1) is 2.88 Å². The van der Waals surface area contributed by atoms with Crippen molar-refractivity contribution in [2.75, 3.05) is 0 Å². The van der Waals surface area contributed by atoms with Gasteiger partial charge in [-0.25, -0.2) is 0 Å². The fourth-order valence-electron chi connectivity index (χ4n) is 2.53.